The quantitative estimate of drug-likeness (QED) is 0.691. The van der Waals surface area contributed by atoms with Gasteiger partial charge < -0.3 is 4.98 Å². The first-order valence-electron chi connectivity index (χ1n) is 4.89. The number of pyridine rings is 1. The van der Waals surface area contributed by atoms with E-state index in [4.69, 9.17) is 0 Å². The summed E-state index contributed by atoms with van der Waals surface area (Å²) in [4.78, 5) is 11.9. The number of benzene rings is 1. The predicted octanol–water partition coefficient (Wildman–Crippen LogP) is 3.39. The van der Waals surface area contributed by atoms with E-state index < -0.39 is 0 Å². The van der Waals surface area contributed by atoms with Gasteiger partial charge in [0.05, 0.1) is 11.0 Å². The third-order valence-electron chi connectivity index (χ3n) is 2.39. The molecule has 2 heterocycles. The maximum Gasteiger partial charge on any atom is 0.138 e. The molecule has 0 atom stereocenters. The van der Waals surface area contributed by atoms with E-state index in [-0.39, 0.29) is 0 Å². The number of fused-ring (bicyclic) bond motifs is 1. The maximum atomic E-state index is 4.52. The normalized spacial score (nSPS) is 10.8. The van der Waals surface area contributed by atoms with E-state index in [0.29, 0.717) is 0 Å². The van der Waals surface area contributed by atoms with Crippen molar-refractivity contribution in [2.45, 2.75) is 0 Å². The summed E-state index contributed by atoms with van der Waals surface area (Å²) >= 11 is 3.35. The van der Waals surface area contributed by atoms with E-state index >= 15 is 0 Å². The van der Waals surface area contributed by atoms with Crippen LogP contribution in [0.15, 0.2) is 47.2 Å². The number of nitrogens with zero attached hydrogens (tertiary/aromatic N) is 2. The minimum atomic E-state index is 0.811. The molecule has 0 unspecified atom stereocenters. The lowest BCUT2D eigenvalue weighted by Gasteiger charge is -1.95. The molecular formula is C12H8BrN3. The number of rotatable bonds is 1. The summed E-state index contributed by atoms with van der Waals surface area (Å²) in [6.45, 7) is 0. The van der Waals surface area contributed by atoms with Crippen LogP contribution in [0.2, 0.25) is 0 Å². The monoisotopic (exact) mass is 273 g/mol. The zero-order valence-corrected chi connectivity index (χ0v) is 9.90. The van der Waals surface area contributed by atoms with Crippen LogP contribution in [0.4, 0.5) is 0 Å². The Morgan fingerprint density at radius 2 is 2.00 bits per heavy atom. The fraction of sp³-hybridized carbons (Fsp3) is 0. The third-order valence-corrected chi connectivity index (χ3v) is 2.82. The van der Waals surface area contributed by atoms with Crippen molar-refractivity contribution >= 4 is 27.0 Å². The van der Waals surface area contributed by atoms with Gasteiger partial charge >= 0.3 is 0 Å². The van der Waals surface area contributed by atoms with Gasteiger partial charge in [-0.2, -0.15) is 0 Å². The van der Waals surface area contributed by atoms with Crippen molar-refractivity contribution in [3.63, 3.8) is 0 Å². The SMILES string of the molecule is Brc1cc(-c2nc3ccccc3[nH]2)ccn1. The maximum absolute atomic E-state index is 4.52. The van der Waals surface area contributed by atoms with Crippen molar-refractivity contribution < 1.29 is 0 Å². The Bertz CT molecular complexity index is 612. The summed E-state index contributed by atoms with van der Waals surface area (Å²) in [6.07, 6.45) is 1.76. The van der Waals surface area contributed by atoms with Crippen LogP contribution in [0.1, 0.15) is 0 Å². The number of halogens is 1. The van der Waals surface area contributed by atoms with Crippen molar-refractivity contribution in [1.29, 1.82) is 0 Å². The predicted molar refractivity (Wildman–Crippen MR) is 67.0 cm³/mol. The van der Waals surface area contributed by atoms with Gasteiger partial charge in [-0.25, -0.2) is 9.97 Å². The van der Waals surface area contributed by atoms with E-state index in [1.165, 1.54) is 0 Å². The Morgan fingerprint density at radius 1 is 1.12 bits per heavy atom. The summed E-state index contributed by atoms with van der Waals surface area (Å²) in [7, 11) is 0. The molecule has 0 aliphatic heterocycles. The number of nitrogens with one attached hydrogen (secondary N) is 1. The van der Waals surface area contributed by atoms with Crippen molar-refractivity contribution in [2.75, 3.05) is 0 Å². The lowest BCUT2D eigenvalue weighted by Crippen LogP contribution is -1.81. The van der Waals surface area contributed by atoms with Crippen molar-refractivity contribution in [2.24, 2.45) is 0 Å². The lowest BCUT2D eigenvalue weighted by molar-refractivity contribution is 1.25. The van der Waals surface area contributed by atoms with Crippen molar-refractivity contribution in [1.82, 2.24) is 15.0 Å². The molecule has 0 amide bonds. The molecule has 3 nitrogen and oxygen atoms in total. The Kier molecular flexibility index (Phi) is 2.22. The Labute approximate surface area is 101 Å². The number of imidazole rings is 1. The van der Waals surface area contributed by atoms with Gasteiger partial charge in [0.1, 0.15) is 10.4 Å². The van der Waals surface area contributed by atoms with Gasteiger partial charge in [-0.3, -0.25) is 0 Å². The fourth-order valence-corrected chi connectivity index (χ4v) is 2.00. The molecule has 3 rings (SSSR count). The van der Waals surface area contributed by atoms with Gasteiger partial charge in [-0.1, -0.05) is 12.1 Å². The molecule has 0 saturated carbocycles. The van der Waals surface area contributed by atoms with Crippen LogP contribution < -0.4 is 0 Å². The van der Waals surface area contributed by atoms with Gasteiger partial charge in [-0.15, -0.1) is 0 Å². The first kappa shape index (κ1) is 9.54. The molecule has 16 heavy (non-hydrogen) atoms. The summed E-state index contributed by atoms with van der Waals surface area (Å²) < 4.78 is 0.811. The van der Waals surface area contributed by atoms with Crippen LogP contribution in [0.3, 0.4) is 0 Å². The van der Waals surface area contributed by atoms with E-state index in [1.807, 2.05) is 36.4 Å². The topological polar surface area (TPSA) is 41.6 Å². The summed E-state index contributed by atoms with van der Waals surface area (Å²) in [6, 6.07) is 11.9. The molecule has 78 valence electrons. The molecule has 0 radical (unpaired) electrons. The first-order valence-corrected chi connectivity index (χ1v) is 5.69. The molecule has 0 bridgehead atoms. The fourth-order valence-electron chi connectivity index (χ4n) is 1.64. The second-order valence-corrected chi connectivity index (χ2v) is 4.28. The highest BCUT2D eigenvalue weighted by atomic mass is 79.9. The zero-order valence-electron chi connectivity index (χ0n) is 8.31. The molecule has 0 saturated heterocycles. The van der Waals surface area contributed by atoms with Crippen LogP contribution in [-0.2, 0) is 0 Å². The highest BCUT2D eigenvalue weighted by Gasteiger charge is 2.04. The van der Waals surface area contributed by atoms with Gasteiger partial charge in [-0.05, 0) is 40.2 Å². The average Bonchev–Trinajstić information content (AvgIpc) is 2.72. The second kappa shape index (κ2) is 3.72. The Balaban J connectivity index is 2.19. The lowest BCUT2D eigenvalue weighted by atomic mass is 10.2. The first-order chi connectivity index (χ1) is 7.83. The number of aromatic nitrogens is 3. The number of aromatic amines is 1. The highest BCUT2D eigenvalue weighted by Crippen LogP contribution is 2.21. The molecule has 4 heteroatoms. The highest BCUT2D eigenvalue weighted by molar-refractivity contribution is 9.10. The summed E-state index contributed by atoms with van der Waals surface area (Å²) in [5.41, 5.74) is 3.05. The molecule has 0 aliphatic carbocycles. The van der Waals surface area contributed by atoms with Gasteiger partial charge in [0.15, 0.2) is 0 Å². The standard InChI is InChI=1S/C12H8BrN3/c13-11-7-8(5-6-14-11)12-15-9-3-1-2-4-10(9)16-12/h1-7H,(H,15,16). The molecule has 0 spiro atoms. The molecule has 1 N–H and O–H groups in total. The Morgan fingerprint density at radius 3 is 2.81 bits per heavy atom. The van der Waals surface area contributed by atoms with E-state index in [0.717, 1.165) is 27.0 Å². The number of hydrogen-bond donors (Lipinski definition) is 1. The van der Waals surface area contributed by atoms with Gasteiger partial charge in [0, 0.05) is 11.8 Å². The smallest absolute Gasteiger partial charge is 0.138 e. The van der Waals surface area contributed by atoms with Crippen LogP contribution in [-0.4, -0.2) is 15.0 Å². The number of H-pyrrole nitrogens is 1. The van der Waals surface area contributed by atoms with Crippen molar-refractivity contribution in [3.05, 3.63) is 47.2 Å². The molecule has 2 aromatic heterocycles. The number of para-hydroxylation sites is 2. The molecule has 1 aromatic carbocycles. The van der Waals surface area contributed by atoms with E-state index in [9.17, 15) is 0 Å². The second-order valence-electron chi connectivity index (χ2n) is 3.47. The van der Waals surface area contributed by atoms with E-state index in [2.05, 4.69) is 30.9 Å². The summed E-state index contributed by atoms with van der Waals surface area (Å²) in [5, 5.41) is 0. The minimum absolute atomic E-state index is 0.811. The Hall–Kier alpha value is -1.68. The summed E-state index contributed by atoms with van der Waals surface area (Å²) in [5.74, 6) is 0.865. The zero-order chi connectivity index (χ0) is 11.0. The largest absolute Gasteiger partial charge is 0.338 e. The third kappa shape index (κ3) is 1.61. The molecule has 3 aromatic rings. The minimum Gasteiger partial charge on any atom is -0.338 e. The van der Waals surface area contributed by atoms with Crippen LogP contribution in [0.25, 0.3) is 22.4 Å². The van der Waals surface area contributed by atoms with E-state index in [1.54, 1.807) is 6.20 Å². The van der Waals surface area contributed by atoms with Crippen LogP contribution in [0.5, 0.6) is 0 Å². The molecule has 0 aliphatic rings. The van der Waals surface area contributed by atoms with Gasteiger partial charge in [0.2, 0.25) is 0 Å². The number of hydrogen-bond acceptors (Lipinski definition) is 2. The molecular weight excluding hydrogens is 266 g/mol. The van der Waals surface area contributed by atoms with Crippen molar-refractivity contribution in [3.8, 4) is 11.4 Å². The van der Waals surface area contributed by atoms with Crippen LogP contribution in [0, 0.1) is 0 Å². The van der Waals surface area contributed by atoms with Crippen LogP contribution >= 0.6 is 15.9 Å². The van der Waals surface area contributed by atoms with Gasteiger partial charge in [0.25, 0.3) is 0 Å². The average molecular weight is 274 g/mol. The molecule has 0 fully saturated rings.